The third-order valence-corrected chi connectivity index (χ3v) is 5.31. The molecule has 168 valence electrons. The van der Waals surface area contributed by atoms with Crippen LogP contribution in [0.3, 0.4) is 0 Å². The molecule has 0 aliphatic heterocycles. The molecule has 0 saturated carbocycles. The standard InChI is InChI=1S/C26H22ClNO5/c1-16(2)18-7-3-5-9-21(18)28-25(29)15-31-17-11-12-19-23(13-17)32-14-24(26(19)30)33-22-10-6-4-8-20(22)27/h3-14,16H,15H2,1-2H3,(H,28,29). The highest BCUT2D eigenvalue weighted by molar-refractivity contribution is 6.32. The van der Waals surface area contributed by atoms with Gasteiger partial charge in [0.25, 0.3) is 5.91 Å². The first kappa shape index (κ1) is 22.4. The van der Waals surface area contributed by atoms with Crippen molar-refractivity contribution in [1.29, 1.82) is 0 Å². The SMILES string of the molecule is CC(C)c1ccccc1NC(=O)COc1ccc2c(=O)c(Oc3ccccc3Cl)coc2c1. The largest absolute Gasteiger partial charge is 0.484 e. The van der Waals surface area contributed by atoms with Crippen molar-refractivity contribution in [3.8, 4) is 17.2 Å². The normalized spacial score (nSPS) is 10.9. The summed E-state index contributed by atoms with van der Waals surface area (Å²) >= 11 is 6.09. The van der Waals surface area contributed by atoms with E-state index in [2.05, 4.69) is 19.2 Å². The third-order valence-electron chi connectivity index (χ3n) is 5.00. The lowest BCUT2D eigenvalue weighted by Crippen LogP contribution is -2.21. The molecule has 7 heteroatoms. The van der Waals surface area contributed by atoms with Crippen molar-refractivity contribution in [2.75, 3.05) is 11.9 Å². The molecule has 33 heavy (non-hydrogen) atoms. The number of carbonyl (C=O) groups is 1. The van der Waals surface area contributed by atoms with Crippen molar-refractivity contribution in [3.05, 3.63) is 93.8 Å². The third kappa shape index (κ3) is 5.18. The molecule has 0 atom stereocenters. The van der Waals surface area contributed by atoms with Gasteiger partial charge in [-0.15, -0.1) is 0 Å². The number of amides is 1. The van der Waals surface area contributed by atoms with E-state index in [9.17, 15) is 9.59 Å². The van der Waals surface area contributed by atoms with Gasteiger partial charge in [0.05, 0.1) is 10.4 Å². The number of nitrogens with one attached hydrogen (secondary N) is 1. The zero-order valence-electron chi connectivity index (χ0n) is 18.1. The Kier molecular flexibility index (Phi) is 6.66. The van der Waals surface area contributed by atoms with Crippen LogP contribution in [0.5, 0.6) is 17.2 Å². The summed E-state index contributed by atoms with van der Waals surface area (Å²) in [5.41, 5.74) is 1.78. The molecule has 0 fully saturated rings. The van der Waals surface area contributed by atoms with Crippen molar-refractivity contribution in [3.63, 3.8) is 0 Å². The summed E-state index contributed by atoms with van der Waals surface area (Å²) in [7, 11) is 0. The fraction of sp³-hybridized carbons (Fsp3) is 0.154. The predicted octanol–water partition coefficient (Wildman–Crippen LogP) is 6.38. The minimum absolute atomic E-state index is 0.0208. The van der Waals surface area contributed by atoms with Crippen molar-refractivity contribution in [2.45, 2.75) is 19.8 Å². The first-order chi connectivity index (χ1) is 15.9. The number of carbonyl (C=O) groups excluding carboxylic acids is 1. The van der Waals surface area contributed by atoms with Crippen LogP contribution in [-0.4, -0.2) is 12.5 Å². The smallest absolute Gasteiger partial charge is 0.262 e. The Labute approximate surface area is 195 Å². The second kappa shape index (κ2) is 9.79. The minimum Gasteiger partial charge on any atom is -0.484 e. The van der Waals surface area contributed by atoms with Gasteiger partial charge in [-0.2, -0.15) is 0 Å². The topological polar surface area (TPSA) is 77.8 Å². The Balaban J connectivity index is 1.46. The van der Waals surface area contributed by atoms with Gasteiger partial charge in [-0.3, -0.25) is 9.59 Å². The van der Waals surface area contributed by atoms with Crippen LogP contribution in [0.4, 0.5) is 5.69 Å². The van der Waals surface area contributed by atoms with Crippen LogP contribution in [0.1, 0.15) is 25.3 Å². The molecule has 0 bridgehead atoms. The number of ether oxygens (including phenoxy) is 2. The van der Waals surface area contributed by atoms with Gasteiger partial charge in [-0.25, -0.2) is 0 Å². The number of fused-ring (bicyclic) bond motifs is 1. The maximum absolute atomic E-state index is 12.8. The average Bonchev–Trinajstić information content (AvgIpc) is 2.81. The number of hydrogen-bond donors (Lipinski definition) is 1. The molecule has 1 heterocycles. The molecule has 0 saturated heterocycles. The van der Waals surface area contributed by atoms with E-state index in [0.717, 1.165) is 11.3 Å². The highest BCUT2D eigenvalue weighted by atomic mass is 35.5. The van der Waals surface area contributed by atoms with Crippen LogP contribution in [-0.2, 0) is 4.79 Å². The van der Waals surface area contributed by atoms with E-state index >= 15 is 0 Å². The van der Waals surface area contributed by atoms with Crippen LogP contribution in [0.15, 0.2) is 82.2 Å². The molecule has 1 N–H and O–H groups in total. The lowest BCUT2D eigenvalue weighted by molar-refractivity contribution is -0.118. The molecule has 0 unspecified atom stereocenters. The Morgan fingerprint density at radius 3 is 2.58 bits per heavy atom. The summed E-state index contributed by atoms with van der Waals surface area (Å²) in [6, 6.07) is 19.2. The molecule has 1 amide bonds. The fourth-order valence-electron chi connectivity index (χ4n) is 3.35. The average molecular weight is 464 g/mol. The number of hydrogen-bond acceptors (Lipinski definition) is 5. The van der Waals surface area contributed by atoms with E-state index in [1.807, 2.05) is 24.3 Å². The van der Waals surface area contributed by atoms with E-state index in [0.29, 0.717) is 27.5 Å². The molecular formula is C26H22ClNO5. The second-order valence-corrected chi connectivity index (χ2v) is 8.11. The predicted molar refractivity (Wildman–Crippen MR) is 129 cm³/mol. The summed E-state index contributed by atoms with van der Waals surface area (Å²) in [6.45, 7) is 3.94. The fourth-order valence-corrected chi connectivity index (χ4v) is 3.52. The number of para-hydroxylation sites is 2. The van der Waals surface area contributed by atoms with Gasteiger partial charge < -0.3 is 19.2 Å². The van der Waals surface area contributed by atoms with E-state index in [1.165, 1.54) is 6.26 Å². The summed E-state index contributed by atoms with van der Waals surface area (Å²) < 4.78 is 16.8. The molecule has 0 aliphatic rings. The summed E-state index contributed by atoms with van der Waals surface area (Å²) in [6.07, 6.45) is 1.23. The molecule has 4 rings (SSSR count). The summed E-state index contributed by atoms with van der Waals surface area (Å²) in [5.74, 6) is 0.770. The number of rotatable bonds is 7. The van der Waals surface area contributed by atoms with Crippen LogP contribution in [0, 0.1) is 0 Å². The molecule has 0 aliphatic carbocycles. The van der Waals surface area contributed by atoms with E-state index in [4.69, 9.17) is 25.5 Å². The molecule has 3 aromatic carbocycles. The van der Waals surface area contributed by atoms with E-state index in [1.54, 1.807) is 42.5 Å². The molecular weight excluding hydrogens is 442 g/mol. The van der Waals surface area contributed by atoms with Crippen LogP contribution >= 0.6 is 11.6 Å². The van der Waals surface area contributed by atoms with Gasteiger partial charge in [-0.05, 0) is 41.8 Å². The van der Waals surface area contributed by atoms with Crippen LogP contribution < -0.4 is 20.2 Å². The molecule has 0 radical (unpaired) electrons. The summed E-state index contributed by atoms with van der Waals surface area (Å²) in [5, 5.41) is 3.58. The van der Waals surface area contributed by atoms with Gasteiger partial charge >= 0.3 is 0 Å². The van der Waals surface area contributed by atoms with Crippen molar-refractivity contribution in [2.24, 2.45) is 0 Å². The van der Waals surface area contributed by atoms with Crippen molar-refractivity contribution < 1.29 is 18.7 Å². The van der Waals surface area contributed by atoms with Gasteiger partial charge in [0.1, 0.15) is 23.3 Å². The lowest BCUT2D eigenvalue weighted by Gasteiger charge is -2.14. The van der Waals surface area contributed by atoms with Crippen LogP contribution in [0.25, 0.3) is 11.0 Å². The Morgan fingerprint density at radius 2 is 1.79 bits per heavy atom. The van der Waals surface area contributed by atoms with Gasteiger partial charge in [0.2, 0.25) is 11.2 Å². The Bertz CT molecular complexity index is 1360. The Morgan fingerprint density at radius 1 is 1.03 bits per heavy atom. The van der Waals surface area contributed by atoms with E-state index in [-0.39, 0.29) is 29.6 Å². The lowest BCUT2D eigenvalue weighted by atomic mass is 10.0. The van der Waals surface area contributed by atoms with Gasteiger partial charge in [-0.1, -0.05) is 55.8 Å². The van der Waals surface area contributed by atoms with Gasteiger partial charge in [0, 0.05) is 11.8 Å². The van der Waals surface area contributed by atoms with E-state index < -0.39 is 0 Å². The minimum atomic E-state index is -0.342. The maximum Gasteiger partial charge on any atom is 0.262 e. The Hall–Kier alpha value is -3.77. The van der Waals surface area contributed by atoms with Gasteiger partial charge in [0.15, 0.2) is 6.61 Å². The first-order valence-electron chi connectivity index (χ1n) is 10.4. The highest BCUT2D eigenvalue weighted by Crippen LogP contribution is 2.29. The number of halogens is 1. The quantitative estimate of drug-likeness (QED) is 0.344. The number of anilines is 1. The zero-order valence-corrected chi connectivity index (χ0v) is 18.9. The van der Waals surface area contributed by atoms with Crippen molar-refractivity contribution >= 4 is 34.2 Å². The van der Waals surface area contributed by atoms with Crippen molar-refractivity contribution in [1.82, 2.24) is 0 Å². The monoisotopic (exact) mass is 463 g/mol. The zero-order chi connectivity index (χ0) is 23.4. The first-order valence-corrected chi connectivity index (χ1v) is 10.8. The second-order valence-electron chi connectivity index (χ2n) is 7.70. The maximum atomic E-state index is 12.8. The number of benzene rings is 3. The molecule has 4 aromatic rings. The molecule has 1 aromatic heterocycles. The summed E-state index contributed by atoms with van der Waals surface area (Å²) in [4.78, 5) is 25.2. The highest BCUT2D eigenvalue weighted by Gasteiger charge is 2.13. The molecule has 6 nitrogen and oxygen atoms in total. The molecule has 0 spiro atoms. The van der Waals surface area contributed by atoms with Crippen LogP contribution in [0.2, 0.25) is 5.02 Å².